The third kappa shape index (κ3) is 15.2. The largest absolute Gasteiger partial charge is 0.465 e. The molecule has 0 aromatic heterocycles. The highest BCUT2D eigenvalue weighted by molar-refractivity contribution is 5.86. The number of ether oxygens (including phenoxy) is 14. The van der Waals surface area contributed by atoms with Crippen molar-refractivity contribution in [2.24, 2.45) is 68.0 Å². The number of rotatable bonds is 22. The standard InChI is InChI=1S/C17H21F3O6.C17H26O5.C16H19NO7.C15H20O7.4CH4/c1-4-15(2,3)13(22)24-7-10(21)25-11-8-5-9-12(11)26-14(23)16(9,6-8)17(18,19)20;1-4-17(2,3)16(19)21-7-5-6-20-13-10-8-11-12(9-10)15(18)22-14(11)13;1-4-15(2,3)13(19)21-6-9(18)23-10-8-5-16(7-17)12(22-8)11(10)24-14(16)20;1-4-15(2,3)14(18)19-6-9(16)21-11-8-5-7-10(20-8)12(11)22-13(7)17;;;;/h8-9,11-12H,4-7H2,1-3H3;10-14H,4-9H2,1-3H3;8,10-12H,4-6H2,1-3H3;7-8,10-12H,4-6H2,1-3H3;4*1H4. The Labute approximate surface area is 571 Å². The lowest BCUT2D eigenvalue weighted by Crippen LogP contribution is -2.48. The summed E-state index contributed by atoms with van der Waals surface area (Å²) in [5, 5.41) is 9.25. The number of nitriles is 1. The van der Waals surface area contributed by atoms with Crippen LogP contribution in [0.25, 0.3) is 0 Å². The van der Waals surface area contributed by atoms with Gasteiger partial charge in [-0.05, 0) is 119 Å². The van der Waals surface area contributed by atoms with Crippen LogP contribution in [0.1, 0.15) is 183 Å². The van der Waals surface area contributed by atoms with E-state index in [4.69, 9.17) is 66.3 Å². The first-order valence-electron chi connectivity index (χ1n) is 32.5. The highest BCUT2D eigenvalue weighted by Crippen LogP contribution is 2.68. The van der Waals surface area contributed by atoms with Crippen LogP contribution >= 0.6 is 0 Å². The van der Waals surface area contributed by atoms with Crippen LogP contribution in [0.15, 0.2) is 0 Å². The van der Waals surface area contributed by atoms with Gasteiger partial charge in [0.05, 0.1) is 65.0 Å². The van der Waals surface area contributed by atoms with Crippen molar-refractivity contribution in [2.75, 3.05) is 33.0 Å². The molecule has 12 rings (SSSR count). The molecule has 554 valence electrons. The van der Waals surface area contributed by atoms with Gasteiger partial charge < -0.3 is 66.3 Å². The highest BCUT2D eigenvalue weighted by atomic mass is 19.4. The zero-order chi connectivity index (χ0) is 69.2. The van der Waals surface area contributed by atoms with Gasteiger partial charge in [-0.25, -0.2) is 14.4 Å². The minimum Gasteiger partial charge on any atom is -0.465 e. The summed E-state index contributed by atoms with van der Waals surface area (Å²) in [6, 6.07) is 1.98. The monoisotopic (exact) mass is 1400 g/mol. The van der Waals surface area contributed by atoms with Crippen LogP contribution in [0, 0.1) is 79.3 Å². The Morgan fingerprint density at radius 3 is 1.47 bits per heavy atom. The number of hydrogen-bond acceptors (Lipinski definition) is 26. The first-order valence-corrected chi connectivity index (χ1v) is 32.5. The number of nitrogens with zero attached hydrogens (tertiary/aromatic N) is 1. The van der Waals surface area contributed by atoms with E-state index in [1.165, 1.54) is 0 Å². The van der Waals surface area contributed by atoms with Crippen LogP contribution in [0.5, 0.6) is 0 Å². The summed E-state index contributed by atoms with van der Waals surface area (Å²) in [7, 11) is 0. The van der Waals surface area contributed by atoms with Gasteiger partial charge in [0.2, 0.25) is 0 Å². The lowest BCUT2D eigenvalue weighted by molar-refractivity contribution is -0.231. The number of hydrogen-bond donors (Lipinski definition) is 0. The van der Waals surface area contributed by atoms with Gasteiger partial charge in [0.25, 0.3) is 0 Å². The van der Waals surface area contributed by atoms with Crippen molar-refractivity contribution in [3.05, 3.63) is 0 Å². The fraction of sp³-hybridized carbons (Fsp3) is 0.826. The normalized spacial score (nSPS) is 34.2. The molecule has 0 N–H and O–H groups in total. The van der Waals surface area contributed by atoms with Crippen molar-refractivity contribution < 1.29 is 132 Å². The molecule has 0 aromatic rings. The van der Waals surface area contributed by atoms with Gasteiger partial charge in [0.1, 0.15) is 36.6 Å². The Morgan fingerprint density at radius 1 is 0.500 bits per heavy atom. The molecule has 98 heavy (non-hydrogen) atoms. The molecule has 0 amide bonds. The number of halogens is 3. The molecule has 20 atom stereocenters. The van der Waals surface area contributed by atoms with E-state index in [1.807, 2.05) is 40.7 Å². The van der Waals surface area contributed by atoms with E-state index in [0.717, 1.165) is 19.3 Å². The minimum atomic E-state index is -4.69. The van der Waals surface area contributed by atoms with Crippen LogP contribution in [0.2, 0.25) is 0 Å². The van der Waals surface area contributed by atoms with Gasteiger partial charge in [0.15, 0.2) is 55.1 Å². The smallest absolute Gasteiger partial charge is 0.405 e. The SMILES string of the molecule is C.C.C.C.CCC(C)(C)C(=O)OCC(=O)OC1C2CC3(C#N)C(=O)OC1C3O2.CCC(C)(C)C(=O)OCC(=O)OC1C2CC3C(=O)OC1C3O2.CCC(C)(C)C(=O)OCC(=O)OC1C2CC3C1OC(=O)C3(C(F)(F)F)C2.CCC(C)(C)C(=O)OCCCOC1C2CC3C(=O)OC1C3C2. The Morgan fingerprint density at radius 2 is 0.969 bits per heavy atom. The molecule has 29 heteroatoms. The zero-order valence-corrected chi connectivity index (χ0v) is 55.0. The van der Waals surface area contributed by atoms with E-state index in [-0.39, 0.29) is 96.7 Å². The zero-order valence-electron chi connectivity index (χ0n) is 55.0. The molecule has 12 aliphatic rings. The van der Waals surface area contributed by atoms with E-state index in [9.17, 15) is 71.2 Å². The lowest BCUT2D eigenvalue weighted by Gasteiger charge is -2.33. The average molecular weight is 1400 g/mol. The molecule has 8 heterocycles. The van der Waals surface area contributed by atoms with Crippen LogP contribution < -0.4 is 0 Å². The van der Waals surface area contributed by atoms with Crippen molar-refractivity contribution in [1.82, 2.24) is 0 Å². The van der Waals surface area contributed by atoms with Crippen LogP contribution in [0.4, 0.5) is 13.2 Å². The van der Waals surface area contributed by atoms with Gasteiger partial charge in [-0.1, -0.05) is 57.4 Å². The molecule has 26 nitrogen and oxygen atoms in total. The number of carbonyl (C=O) groups is 11. The van der Waals surface area contributed by atoms with Gasteiger partial charge in [-0.3, -0.25) is 38.4 Å². The maximum Gasteiger partial charge on any atom is 0.405 e. The molecule has 8 aliphatic heterocycles. The van der Waals surface area contributed by atoms with Crippen molar-refractivity contribution in [3.63, 3.8) is 0 Å². The van der Waals surface area contributed by atoms with Gasteiger partial charge in [-0.2, -0.15) is 18.4 Å². The Balaban J connectivity index is 0.000000233. The van der Waals surface area contributed by atoms with Gasteiger partial charge in [-0.15, -0.1) is 0 Å². The van der Waals surface area contributed by atoms with E-state index in [0.29, 0.717) is 57.2 Å². The Hall–Kier alpha value is -6.67. The molecule has 12 fully saturated rings. The van der Waals surface area contributed by atoms with E-state index >= 15 is 0 Å². The third-order valence-corrected chi connectivity index (χ3v) is 21.7. The predicted molar refractivity (Wildman–Crippen MR) is 333 cm³/mol. The summed E-state index contributed by atoms with van der Waals surface area (Å²) < 4.78 is 114. The molecule has 20 unspecified atom stereocenters. The van der Waals surface area contributed by atoms with E-state index in [2.05, 4.69) is 0 Å². The molecule has 8 saturated heterocycles. The number of fused-ring (bicyclic) bond motifs is 4. The van der Waals surface area contributed by atoms with Crippen LogP contribution in [-0.4, -0.2) is 178 Å². The Kier molecular flexibility index (Phi) is 25.7. The second-order valence-electron chi connectivity index (χ2n) is 29.1. The maximum atomic E-state index is 13.4. The number of alkyl halides is 3. The maximum absolute atomic E-state index is 13.4. The van der Waals surface area contributed by atoms with Crippen molar-refractivity contribution >= 4 is 65.7 Å². The van der Waals surface area contributed by atoms with E-state index in [1.54, 1.807) is 48.5 Å². The quantitative estimate of drug-likeness (QED) is 0.0558. The summed E-state index contributed by atoms with van der Waals surface area (Å²) in [6.45, 7) is 20.9. The molecule has 0 aromatic carbocycles. The summed E-state index contributed by atoms with van der Waals surface area (Å²) in [4.78, 5) is 130. The second-order valence-corrected chi connectivity index (χ2v) is 29.1. The molecular weight excluding hydrogens is 1300 g/mol. The highest BCUT2D eigenvalue weighted by Gasteiger charge is 2.81. The molecule has 4 saturated carbocycles. The number of carbonyl (C=O) groups excluding carboxylic acids is 11. The fourth-order valence-electron chi connectivity index (χ4n) is 14.4. The van der Waals surface area contributed by atoms with Crippen LogP contribution in [-0.2, 0) is 119 Å². The molecule has 0 radical (unpaired) electrons. The number of esters is 11. The van der Waals surface area contributed by atoms with Crippen molar-refractivity contribution in [1.29, 1.82) is 5.26 Å². The fourth-order valence-corrected chi connectivity index (χ4v) is 14.4. The summed E-state index contributed by atoms with van der Waals surface area (Å²) in [5.74, 6) is -6.98. The third-order valence-electron chi connectivity index (χ3n) is 21.7. The first kappa shape index (κ1) is 82.0. The molecule has 4 aliphatic carbocycles. The lowest BCUT2D eigenvalue weighted by atomic mass is 9.73. The summed E-state index contributed by atoms with van der Waals surface area (Å²) >= 11 is 0. The van der Waals surface area contributed by atoms with Crippen LogP contribution in [0.3, 0.4) is 0 Å². The van der Waals surface area contributed by atoms with Gasteiger partial charge in [0, 0.05) is 30.6 Å². The van der Waals surface area contributed by atoms with Gasteiger partial charge >= 0.3 is 71.8 Å². The second kappa shape index (κ2) is 30.7. The summed E-state index contributed by atoms with van der Waals surface area (Å²) in [6.07, 6.45) is -5.74. The Bertz CT molecular complexity index is 3050. The first-order chi connectivity index (χ1) is 44.0. The molecule has 0 spiro atoms. The van der Waals surface area contributed by atoms with Crippen molar-refractivity contribution in [3.8, 4) is 6.07 Å². The minimum absolute atomic E-state index is 0. The average Bonchev–Trinajstić information content (AvgIpc) is 1.53. The molecule has 8 bridgehead atoms. The topological polar surface area (TPSA) is 341 Å². The van der Waals surface area contributed by atoms with Crippen molar-refractivity contribution in [2.45, 2.75) is 263 Å². The van der Waals surface area contributed by atoms with E-state index < -0.39 is 173 Å². The summed E-state index contributed by atoms with van der Waals surface area (Å²) in [5.41, 5.74) is -6.23. The predicted octanol–water partition coefficient (Wildman–Crippen LogP) is 8.33. The molecular formula is C69H102F3NO25.